The fourth-order valence-corrected chi connectivity index (χ4v) is 5.88. The highest BCUT2D eigenvalue weighted by Gasteiger charge is 2.64. The molecule has 0 bridgehead atoms. The molecule has 200 valence electrons. The van der Waals surface area contributed by atoms with Crippen molar-refractivity contribution in [2.75, 3.05) is 26.4 Å². The lowest BCUT2D eigenvalue weighted by Crippen LogP contribution is -2.46. The van der Waals surface area contributed by atoms with Gasteiger partial charge in [-0.3, -0.25) is 4.79 Å². The Hall–Kier alpha value is -2.52. The van der Waals surface area contributed by atoms with Crippen LogP contribution in [0.5, 0.6) is 17.2 Å². The topological polar surface area (TPSA) is 106 Å². The van der Waals surface area contributed by atoms with Crippen LogP contribution in [0.3, 0.4) is 0 Å². The van der Waals surface area contributed by atoms with Gasteiger partial charge in [-0.1, -0.05) is 17.7 Å². The first-order valence-electron chi connectivity index (χ1n) is 12.7. The largest absolute Gasteiger partial charge is 0.488 e. The first kappa shape index (κ1) is 26.1. The van der Waals surface area contributed by atoms with Gasteiger partial charge in [0.15, 0.2) is 11.5 Å². The third-order valence-corrected chi connectivity index (χ3v) is 7.65. The van der Waals surface area contributed by atoms with Gasteiger partial charge in [0.05, 0.1) is 18.8 Å². The first-order valence-corrected chi connectivity index (χ1v) is 13.1. The third kappa shape index (κ3) is 5.25. The Bertz CT molecular complexity index is 1200. The number of carbonyl (C=O) groups is 1. The molecule has 2 aromatic rings. The summed E-state index contributed by atoms with van der Waals surface area (Å²) in [7, 11) is 0. The minimum absolute atomic E-state index is 0.102. The lowest BCUT2D eigenvalue weighted by molar-refractivity contribution is -0.139. The molecule has 2 aliphatic heterocycles. The predicted octanol–water partition coefficient (Wildman–Crippen LogP) is 4.03. The van der Waals surface area contributed by atoms with Gasteiger partial charge in [-0.05, 0) is 63.4 Å². The minimum atomic E-state index is -0.863. The van der Waals surface area contributed by atoms with Crippen molar-refractivity contribution in [3.8, 4) is 17.2 Å². The Morgan fingerprint density at radius 2 is 1.97 bits per heavy atom. The number of ether oxygens (including phenoxy) is 4. The average molecular weight is 532 g/mol. The number of aliphatic carboxylic acids is 1. The van der Waals surface area contributed by atoms with Gasteiger partial charge in [-0.25, -0.2) is 0 Å². The summed E-state index contributed by atoms with van der Waals surface area (Å²) in [4.78, 5) is 11.6. The molecule has 9 heteroatoms. The van der Waals surface area contributed by atoms with Crippen LogP contribution in [0.1, 0.15) is 55.0 Å². The Morgan fingerprint density at radius 3 is 2.70 bits per heavy atom. The van der Waals surface area contributed by atoms with Gasteiger partial charge >= 0.3 is 5.97 Å². The molecule has 0 radical (unpaired) electrons. The van der Waals surface area contributed by atoms with Crippen LogP contribution in [0, 0.1) is 12.8 Å². The molecule has 8 nitrogen and oxygen atoms in total. The third-order valence-electron chi connectivity index (χ3n) is 7.33. The van der Waals surface area contributed by atoms with Crippen LogP contribution >= 0.6 is 11.6 Å². The van der Waals surface area contributed by atoms with E-state index in [1.807, 2.05) is 38.1 Å². The van der Waals surface area contributed by atoms with Crippen molar-refractivity contribution in [2.45, 2.75) is 63.9 Å². The van der Waals surface area contributed by atoms with Gasteiger partial charge in [0.1, 0.15) is 31.0 Å². The highest BCUT2D eigenvalue weighted by molar-refractivity contribution is 6.31. The van der Waals surface area contributed by atoms with Gasteiger partial charge < -0.3 is 34.5 Å². The van der Waals surface area contributed by atoms with Crippen LogP contribution in [-0.4, -0.2) is 60.3 Å². The number of hydrogen-bond donors (Lipinski definition) is 3. The molecule has 5 rings (SSSR count). The molecule has 1 unspecified atom stereocenters. The molecule has 0 saturated heterocycles. The lowest BCUT2D eigenvalue weighted by atomic mass is 9.94. The van der Waals surface area contributed by atoms with Gasteiger partial charge in [0.25, 0.3) is 0 Å². The maximum atomic E-state index is 11.6. The Balaban J connectivity index is 1.17. The number of carboxylic acids is 1. The molecule has 0 amide bonds. The number of halogens is 1. The number of nitrogens with one attached hydrogen (secondary N) is 1. The van der Waals surface area contributed by atoms with Crippen molar-refractivity contribution in [1.82, 2.24) is 5.32 Å². The summed E-state index contributed by atoms with van der Waals surface area (Å²) in [5, 5.41) is 24.1. The zero-order valence-corrected chi connectivity index (χ0v) is 22.3. The van der Waals surface area contributed by atoms with Crippen LogP contribution in [0.4, 0.5) is 0 Å². The number of benzene rings is 2. The van der Waals surface area contributed by atoms with E-state index >= 15 is 0 Å². The lowest BCUT2D eigenvalue weighted by Gasteiger charge is -2.29. The van der Waals surface area contributed by atoms with E-state index in [4.69, 9.17) is 30.5 Å². The number of aryl methyl sites for hydroxylation is 1. The van der Waals surface area contributed by atoms with E-state index in [0.717, 1.165) is 40.2 Å². The van der Waals surface area contributed by atoms with Crippen molar-refractivity contribution in [2.24, 2.45) is 5.92 Å². The van der Waals surface area contributed by atoms with E-state index in [9.17, 15) is 15.0 Å². The fourth-order valence-electron chi connectivity index (χ4n) is 5.46. The van der Waals surface area contributed by atoms with Crippen LogP contribution in [0.2, 0.25) is 5.02 Å². The normalized spacial score (nSPS) is 23.0. The molecule has 2 heterocycles. The van der Waals surface area contributed by atoms with Gasteiger partial charge in [0.2, 0.25) is 0 Å². The summed E-state index contributed by atoms with van der Waals surface area (Å²) in [6, 6.07) is 7.80. The number of carboxylic acid groups (broad SMARTS) is 1. The predicted molar refractivity (Wildman–Crippen MR) is 138 cm³/mol. The Kier molecular flexibility index (Phi) is 7.04. The minimum Gasteiger partial charge on any atom is -0.488 e. The number of β-amino-alcohol motifs (C(OH)–C–C–N with tert-alkyl or cyclic N) is 1. The summed E-state index contributed by atoms with van der Waals surface area (Å²) in [5.41, 5.74) is 3.31. The van der Waals surface area contributed by atoms with Gasteiger partial charge in [-0.15, -0.1) is 0 Å². The van der Waals surface area contributed by atoms with Gasteiger partial charge in [0, 0.05) is 34.2 Å². The van der Waals surface area contributed by atoms with Crippen LogP contribution in [0.25, 0.3) is 0 Å². The second-order valence-corrected chi connectivity index (χ2v) is 11.3. The second kappa shape index (κ2) is 9.98. The summed E-state index contributed by atoms with van der Waals surface area (Å²) in [5.74, 6) is 0.620. The molecule has 1 aliphatic carbocycles. The monoisotopic (exact) mass is 531 g/mol. The fraction of sp³-hybridized carbons (Fsp3) is 0.536. The standard InChI is InChI=1S/C28H34ClNO7/c1-14-9-18(29)21(22-23-24(27(32)33)26(23)37-25(14)22)15(2)36-13-17(31)12-30-28(3,4)11-16-5-6-19-20(10-16)35-8-7-34-19/h5-6,9-10,15,17,23-24,26,30-31H,7-8,11-13H2,1-4H3,(H,32,33)/t15-,17?,23+,24+,26+/m1/s1. The molecule has 2 aromatic carbocycles. The highest BCUT2D eigenvalue weighted by atomic mass is 35.5. The Morgan fingerprint density at radius 1 is 1.24 bits per heavy atom. The maximum Gasteiger partial charge on any atom is 0.311 e. The molecular weight excluding hydrogens is 498 g/mol. The Labute approximate surface area is 221 Å². The maximum absolute atomic E-state index is 11.6. The van der Waals surface area contributed by atoms with E-state index in [1.165, 1.54) is 0 Å². The smallest absolute Gasteiger partial charge is 0.311 e. The van der Waals surface area contributed by atoms with Crippen LogP contribution in [-0.2, 0) is 16.0 Å². The van der Waals surface area contributed by atoms with Crippen molar-refractivity contribution < 1.29 is 34.0 Å². The molecule has 3 N–H and O–H groups in total. The number of rotatable bonds is 10. The van der Waals surface area contributed by atoms with E-state index in [1.54, 1.807) is 0 Å². The summed E-state index contributed by atoms with van der Waals surface area (Å²) >= 11 is 6.60. The number of hydrogen-bond acceptors (Lipinski definition) is 7. The highest BCUT2D eigenvalue weighted by Crippen LogP contribution is 2.62. The quantitative estimate of drug-likeness (QED) is 0.422. The number of aliphatic hydroxyl groups excluding tert-OH is 1. The van der Waals surface area contributed by atoms with E-state index < -0.39 is 24.1 Å². The molecule has 1 saturated carbocycles. The van der Waals surface area contributed by atoms with E-state index in [-0.39, 0.29) is 24.2 Å². The first-order chi connectivity index (χ1) is 17.6. The summed E-state index contributed by atoms with van der Waals surface area (Å²) in [6.07, 6.45) is -0.774. The zero-order chi connectivity index (χ0) is 26.5. The summed E-state index contributed by atoms with van der Waals surface area (Å²) < 4.78 is 23.3. The number of aliphatic hydroxyl groups is 1. The number of fused-ring (bicyclic) bond motifs is 4. The van der Waals surface area contributed by atoms with Crippen molar-refractivity contribution in [1.29, 1.82) is 0 Å². The van der Waals surface area contributed by atoms with E-state index in [0.29, 0.717) is 30.5 Å². The molecule has 0 aromatic heterocycles. The molecular formula is C28H34ClNO7. The van der Waals surface area contributed by atoms with Crippen molar-refractivity contribution in [3.05, 3.63) is 51.5 Å². The summed E-state index contributed by atoms with van der Waals surface area (Å²) in [6.45, 7) is 9.50. The van der Waals surface area contributed by atoms with Crippen molar-refractivity contribution >= 4 is 17.6 Å². The molecule has 1 fully saturated rings. The molecule has 0 spiro atoms. The van der Waals surface area contributed by atoms with Crippen molar-refractivity contribution in [3.63, 3.8) is 0 Å². The van der Waals surface area contributed by atoms with Crippen LogP contribution < -0.4 is 19.5 Å². The molecule has 37 heavy (non-hydrogen) atoms. The molecule has 5 atom stereocenters. The van der Waals surface area contributed by atoms with E-state index in [2.05, 4.69) is 19.2 Å². The zero-order valence-electron chi connectivity index (χ0n) is 21.5. The second-order valence-electron chi connectivity index (χ2n) is 10.9. The SMILES string of the molecule is Cc1cc(Cl)c([C@@H](C)OCC(O)CNC(C)(C)Cc2ccc3c(c2)OCCO3)c2c1O[C@@H]1[C@@H](C(=O)O)[C@H]21. The van der Waals surface area contributed by atoms with Crippen LogP contribution in [0.15, 0.2) is 24.3 Å². The molecule has 3 aliphatic rings. The average Bonchev–Trinajstić information content (AvgIpc) is 3.44. The van der Waals surface area contributed by atoms with Gasteiger partial charge in [-0.2, -0.15) is 0 Å².